The van der Waals surface area contributed by atoms with Gasteiger partial charge in [-0.3, -0.25) is 5.10 Å². The SMILES string of the molecule is CCCCCCc1[nH]ncc1CC. The summed E-state index contributed by atoms with van der Waals surface area (Å²) in [6.07, 6.45) is 9.53. The van der Waals surface area contributed by atoms with Crippen molar-refractivity contribution in [3.05, 3.63) is 17.5 Å². The first-order valence-electron chi connectivity index (χ1n) is 5.39. The quantitative estimate of drug-likeness (QED) is 0.669. The molecule has 0 radical (unpaired) electrons. The van der Waals surface area contributed by atoms with Crippen LogP contribution in [0.15, 0.2) is 6.20 Å². The lowest BCUT2D eigenvalue weighted by molar-refractivity contribution is 0.657. The number of unbranched alkanes of at least 4 members (excludes halogenated alkanes) is 3. The fourth-order valence-corrected chi connectivity index (χ4v) is 1.59. The van der Waals surface area contributed by atoms with E-state index in [4.69, 9.17) is 0 Å². The normalized spacial score (nSPS) is 10.6. The van der Waals surface area contributed by atoms with Crippen LogP contribution < -0.4 is 0 Å². The molecule has 2 heteroatoms. The van der Waals surface area contributed by atoms with Gasteiger partial charge in [0.25, 0.3) is 0 Å². The number of nitrogens with one attached hydrogen (secondary N) is 1. The van der Waals surface area contributed by atoms with Crippen molar-refractivity contribution in [2.75, 3.05) is 0 Å². The van der Waals surface area contributed by atoms with E-state index in [9.17, 15) is 0 Å². The van der Waals surface area contributed by atoms with Gasteiger partial charge < -0.3 is 0 Å². The number of aromatic nitrogens is 2. The van der Waals surface area contributed by atoms with E-state index in [1.807, 2.05) is 6.20 Å². The van der Waals surface area contributed by atoms with E-state index in [-0.39, 0.29) is 0 Å². The van der Waals surface area contributed by atoms with Crippen LogP contribution in [0.1, 0.15) is 50.8 Å². The van der Waals surface area contributed by atoms with E-state index in [2.05, 4.69) is 24.0 Å². The molecular formula is C11H20N2. The zero-order chi connectivity index (χ0) is 9.52. The van der Waals surface area contributed by atoms with Gasteiger partial charge in [-0.15, -0.1) is 0 Å². The molecule has 0 saturated carbocycles. The molecule has 0 unspecified atom stereocenters. The lowest BCUT2D eigenvalue weighted by Crippen LogP contribution is -1.91. The number of hydrogen-bond donors (Lipinski definition) is 1. The van der Waals surface area contributed by atoms with Gasteiger partial charge in [0.2, 0.25) is 0 Å². The molecule has 0 fully saturated rings. The molecule has 0 aliphatic heterocycles. The summed E-state index contributed by atoms with van der Waals surface area (Å²) < 4.78 is 0. The molecule has 0 amide bonds. The van der Waals surface area contributed by atoms with E-state index in [1.54, 1.807) is 0 Å². The number of nitrogens with zero attached hydrogens (tertiary/aromatic N) is 1. The molecule has 1 aromatic rings. The molecule has 0 atom stereocenters. The van der Waals surface area contributed by atoms with E-state index >= 15 is 0 Å². The monoisotopic (exact) mass is 180 g/mol. The third-order valence-electron chi connectivity index (χ3n) is 2.47. The minimum absolute atomic E-state index is 1.10. The third-order valence-corrected chi connectivity index (χ3v) is 2.47. The summed E-state index contributed by atoms with van der Waals surface area (Å²) in [6.45, 7) is 4.42. The Morgan fingerprint density at radius 3 is 2.77 bits per heavy atom. The van der Waals surface area contributed by atoms with Crippen LogP contribution in [-0.4, -0.2) is 10.2 Å². The Morgan fingerprint density at radius 1 is 1.23 bits per heavy atom. The first kappa shape index (κ1) is 10.3. The summed E-state index contributed by atoms with van der Waals surface area (Å²) in [4.78, 5) is 0. The molecule has 1 rings (SSSR count). The molecule has 2 nitrogen and oxygen atoms in total. The summed E-state index contributed by atoms with van der Waals surface area (Å²) in [5, 5.41) is 7.15. The molecule has 0 saturated heterocycles. The summed E-state index contributed by atoms with van der Waals surface area (Å²) >= 11 is 0. The third kappa shape index (κ3) is 3.21. The summed E-state index contributed by atoms with van der Waals surface area (Å²) in [7, 11) is 0. The molecular weight excluding hydrogens is 160 g/mol. The van der Waals surface area contributed by atoms with Crippen LogP contribution in [0.2, 0.25) is 0 Å². The Kier molecular flexibility index (Phi) is 4.58. The number of aryl methyl sites for hydroxylation is 2. The molecule has 0 aliphatic rings. The standard InChI is InChI=1S/C11H20N2/c1-3-5-6-7-8-11-10(4-2)9-12-13-11/h9H,3-8H2,1-2H3,(H,12,13). The van der Waals surface area contributed by atoms with Gasteiger partial charge >= 0.3 is 0 Å². The highest BCUT2D eigenvalue weighted by Gasteiger charge is 2.01. The number of hydrogen-bond acceptors (Lipinski definition) is 1. The summed E-state index contributed by atoms with van der Waals surface area (Å²) in [5.41, 5.74) is 2.73. The van der Waals surface area contributed by atoms with Gasteiger partial charge in [0.1, 0.15) is 0 Å². The number of aromatic amines is 1. The Balaban J connectivity index is 2.27. The van der Waals surface area contributed by atoms with E-state index in [0.29, 0.717) is 0 Å². The Hall–Kier alpha value is -0.790. The van der Waals surface area contributed by atoms with Gasteiger partial charge in [0.05, 0.1) is 6.20 Å². The van der Waals surface area contributed by atoms with E-state index in [0.717, 1.165) is 6.42 Å². The maximum atomic E-state index is 4.07. The highest BCUT2D eigenvalue weighted by Crippen LogP contribution is 2.10. The molecule has 0 aliphatic carbocycles. The van der Waals surface area contributed by atoms with Crippen LogP contribution in [0, 0.1) is 0 Å². The van der Waals surface area contributed by atoms with Gasteiger partial charge in [-0.05, 0) is 24.8 Å². The molecule has 0 aromatic carbocycles. The van der Waals surface area contributed by atoms with Gasteiger partial charge in [-0.1, -0.05) is 33.1 Å². The summed E-state index contributed by atoms with van der Waals surface area (Å²) in [6, 6.07) is 0. The van der Waals surface area contributed by atoms with Crippen LogP contribution in [0.5, 0.6) is 0 Å². The van der Waals surface area contributed by atoms with Crippen LogP contribution in [0.4, 0.5) is 0 Å². The second-order valence-electron chi connectivity index (χ2n) is 3.54. The molecule has 1 N–H and O–H groups in total. The fraction of sp³-hybridized carbons (Fsp3) is 0.727. The zero-order valence-electron chi connectivity index (χ0n) is 8.77. The van der Waals surface area contributed by atoms with Gasteiger partial charge in [0.15, 0.2) is 0 Å². The molecule has 1 heterocycles. The molecule has 13 heavy (non-hydrogen) atoms. The Morgan fingerprint density at radius 2 is 2.08 bits per heavy atom. The predicted molar refractivity (Wildman–Crippen MR) is 55.8 cm³/mol. The Bertz CT molecular complexity index is 228. The van der Waals surface area contributed by atoms with Crippen molar-refractivity contribution in [2.24, 2.45) is 0 Å². The number of H-pyrrole nitrogens is 1. The van der Waals surface area contributed by atoms with Gasteiger partial charge in [-0.25, -0.2) is 0 Å². The van der Waals surface area contributed by atoms with Crippen molar-refractivity contribution in [1.29, 1.82) is 0 Å². The average molecular weight is 180 g/mol. The topological polar surface area (TPSA) is 28.7 Å². The minimum Gasteiger partial charge on any atom is -0.282 e. The van der Waals surface area contributed by atoms with Crippen molar-refractivity contribution in [3.63, 3.8) is 0 Å². The lowest BCUT2D eigenvalue weighted by Gasteiger charge is -2.00. The van der Waals surface area contributed by atoms with Crippen molar-refractivity contribution in [2.45, 2.75) is 52.4 Å². The highest BCUT2D eigenvalue weighted by atomic mass is 15.1. The van der Waals surface area contributed by atoms with Crippen LogP contribution in [-0.2, 0) is 12.8 Å². The van der Waals surface area contributed by atoms with Gasteiger partial charge in [0, 0.05) is 5.69 Å². The van der Waals surface area contributed by atoms with E-state index < -0.39 is 0 Å². The second-order valence-corrected chi connectivity index (χ2v) is 3.54. The average Bonchev–Trinajstić information content (AvgIpc) is 2.60. The fourth-order valence-electron chi connectivity index (χ4n) is 1.59. The minimum atomic E-state index is 1.10. The molecule has 74 valence electrons. The zero-order valence-corrected chi connectivity index (χ0v) is 8.77. The van der Waals surface area contributed by atoms with Crippen molar-refractivity contribution in [3.8, 4) is 0 Å². The maximum absolute atomic E-state index is 4.07. The smallest absolute Gasteiger partial charge is 0.0522 e. The number of rotatable bonds is 6. The van der Waals surface area contributed by atoms with Crippen LogP contribution in [0.25, 0.3) is 0 Å². The molecule has 1 aromatic heterocycles. The molecule has 0 bridgehead atoms. The summed E-state index contributed by atoms with van der Waals surface area (Å²) in [5.74, 6) is 0. The van der Waals surface area contributed by atoms with Gasteiger partial charge in [-0.2, -0.15) is 5.10 Å². The molecule has 0 spiro atoms. The predicted octanol–water partition coefficient (Wildman–Crippen LogP) is 3.09. The first-order valence-corrected chi connectivity index (χ1v) is 5.39. The van der Waals surface area contributed by atoms with Crippen molar-refractivity contribution >= 4 is 0 Å². The largest absolute Gasteiger partial charge is 0.282 e. The van der Waals surface area contributed by atoms with E-state index in [1.165, 1.54) is 43.4 Å². The van der Waals surface area contributed by atoms with Crippen LogP contribution in [0.3, 0.4) is 0 Å². The van der Waals surface area contributed by atoms with Crippen molar-refractivity contribution in [1.82, 2.24) is 10.2 Å². The van der Waals surface area contributed by atoms with Crippen LogP contribution >= 0.6 is 0 Å². The highest BCUT2D eigenvalue weighted by molar-refractivity contribution is 5.15. The second kappa shape index (κ2) is 5.79. The first-order chi connectivity index (χ1) is 6.38. The lowest BCUT2D eigenvalue weighted by atomic mass is 10.1. The maximum Gasteiger partial charge on any atom is 0.0522 e. The van der Waals surface area contributed by atoms with Crippen molar-refractivity contribution < 1.29 is 0 Å². The Labute approximate surface area is 80.7 Å².